The Morgan fingerprint density at radius 2 is 1.75 bits per heavy atom. The number of rotatable bonds is 5. The lowest BCUT2D eigenvalue weighted by Crippen LogP contribution is -2.04. The van der Waals surface area contributed by atoms with Crippen LogP contribution in [0.15, 0.2) is 71.9 Å². The van der Waals surface area contributed by atoms with E-state index in [0.29, 0.717) is 5.56 Å². The highest BCUT2D eigenvalue weighted by atomic mass is 19.3. The van der Waals surface area contributed by atoms with Gasteiger partial charge in [0.1, 0.15) is 23.0 Å². The third kappa shape index (κ3) is 4.20. The molecule has 0 N–H and O–H groups in total. The molecule has 0 unspecified atom stereocenters. The van der Waals surface area contributed by atoms with E-state index < -0.39 is 30.2 Å². The van der Waals surface area contributed by atoms with Crippen LogP contribution in [0, 0.1) is 11.6 Å². The number of hydrogen-bond donors (Lipinski definition) is 0. The summed E-state index contributed by atoms with van der Waals surface area (Å²) in [7, 11) is 0. The molecule has 0 aliphatic carbocycles. The Bertz CT molecular complexity index is 1340. The molecular weight excluding hydrogens is 433 g/mol. The van der Waals surface area contributed by atoms with Gasteiger partial charge in [-0.3, -0.25) is 9.20 Å². The summed E-state index contributed by atoms with van der Waals surface area (Å²) in [5.41, 5.74) is -0.00549. The highest BCUT2D eigenvalue weighted by Gasteiger charge is 2.21. The zero-order chi connectivity index (χ0) is 22.8. The van der Waals surface area contributed by atoms with E-state index in [2.05, 4.69) is 14.7 Å². The molecule has 0 aliphatic heterocycles. The maximum Gasteiger partial charge on any atom is 0.390 e. The Kier molecular flexibility index (Phi) is 5.67. The molecule has 4 rings (SSSR count). The van der Waals surface area contributed by atoms with Crippen molar-refractivity contribution in [3.05, 3.63) is 89.6 Å². The summed E-state index contributed by atoms with van der Waals surface area (Å²) < 4.78 is 71.6. The first-order valence-electron chi connectivity index (χ1n) is 9.10. The molecule has 0 bridgehead atoms. The topological polar surface area (TPSA) is 56.0 Å². The van der Waals surface area contributed by atoms with Crippen LogP contribution in [-0.4, -0.2) is 27.9 Å². The molecule has 10 heteroatoms. The van der Waals surface area contributed by atoms with E-state index in [9.17, 15) is 26.7 Å². The van der Waals surface area contributed by atoms with Gasteiger partial charge in [-0.1, -0.05) is 30.3 Å². The van der Waals surface area contributed by atoms with Crippen LogP contribution in [-0.2, 0) is 4.74 Å². The van der Waals surface area contributed by atoms with E-state index in [1.807, 2.05) is 0 Å². The number of ketones is 1. The van der Waals surface area contributed by atoms with E-state index in [1.165, 1.54) is 22.7 Å². The fourth-order valence-electron chi connectivity index (χ4n) is 3.11. The third-order valence-electron chi connectivity index (χ3n) is 4.46. The van der Waals surface area contributed by atoms with Crippen molar-refractivity contribution in [3.8, 4) is 11.3 Å². The SMILES string of the molecule is O=C(c1ccccc1)c1ccc2nc(/N=C(/F)OC(F)F)c(-c3cc(F)ccc3F)n2c1. The number of carbonyl (C=O) groups is 1. The maximum atomic E-state index is 14.5. The van der Waals surface area contributed by atoms with Crippen LogP contribution in [0.1, 0.15) is 15.9 Å². The fraction of sp³-hybridized carbons (Fsp3) is 0.0455. The Morgan fingerprint density at radius 1 is 1.00 bits per heavy atom. The second-order valence-corrected chi connectivity index (χ2v) is 6.49. The molecule has 4 aromatic rings. The largest absolute Gasteiger partial charge is 0.393 e. The number of imidazole rings is 1. The van der Waals surface area contributed by atoms with Gasteiger partial charge in [-0.15, -0.1) is 4.39 Å². The number of pyridine rings is 1. The molecule has 2 aromatic carbocycles. The quantitative estimate of drug-likeness (QED) is 0.171. The number of aromatic nitrogens is 2. The van der Waals surface area contributed by atoms with Gasteiger partial charge in [0, 0.05) is 22.9 Å². The minimum atomic E-state index is -3.49. The van der Waals surface area contributed by atoms with Crippen molar-refractivity contribution in [1.29, 1.82) is 0 Å². The van der Waals surface area contributed by atoms with Crippen LogP contribution in [0.2, 0.25) is 0 Å². The van der Waals surface area contributed by atoms with Crippen molar-refractivity contribution in [2.45, 2.75) is 6.61 Å². The van der Waals surface area contributed by atoms with Gasteiger partial charge in [0.2, 0.25) is 0 Å². The Morgan fingerprint density at radius 3 is 2.47 bits per heavy atom. The van der Waals surface area contributed by atoms with Crippen LogP contribution in [0.4, 0.5) is 27.8 Å². The number of benzene rings is 2. The molecule has 2 aromatic heterocycles. The maximum absolute atomic E-state index is 14.5. The average Bonchev–Trinajstić information content (AvgIpc) is 3.11. The van der Waals surface area contributed by atoms with Crippen molar-refractivity contribution in [3.63, 3.8) is 0 Å². The van der Waals surface area contributed by atoms with Crippen LogP contribution in [0.25, 0.3) is 16.9 Å². The fourth-order valence-corrected chi connectivity index (χ4v) is 3.11. The number of alkyl halides is 2. The molecule has 32 heavy (non-hydrogen) atoms. The van der Waals surface area contributed by atoms with Gasteiger partial charge in [-0.05, 0) is 30.3 Å². The molecule has 0 aliphatic rings. The summed E-state index contributed by atoms with van der Waals surface area (Å²) in [6.45, 7) is -3.49. The minimum Gasteiger partial charge on any atom is -0.393 e. The van der Waals surface area contributed by atoms with Crippen LogP contribution in [0.3, 0.4) is 0 Å². The summed E-state index contributed by atoms with van der Waals surface area (Å²) >= 11 is 0. The standard InChI is InChI=1S/C22H12F5N3O2/c23-14-7-8-16(24)15(10-14)18-20(29-22(27)32-21(25)26)28-17-9-6-13(11-30(17)18)19(31)12-4-2-1-3-5-12/h1-11,21H/b29-22-. The number of ether oxygens (including phenoxy) is 1. The number of fused-ring (bicyclic) bond motifs is 1. The van der Waals surface area contributed by atoms with Crippen molar-refractivity contribution >= 4 is 23.4 Å². The molecule has 0 atom stereocenters. The zero-order valence-electron chi connectivity index (χ0n) is 16.0. The predicted octanol–water partition coefficient (Wildman–Crippen LogP) is 5.71. The van der Waals surface area contributed by atoms with E-state index in [0.717, 1.165) is 18.2 Å². The van der Waals surface area contributed by atoms with Crippen LogP contribution in [0.5, 0.6) is 0 Å². The number of hydrogen-bond acceptors (Lipinski definition) is 4. The highest BCUT2D eigenvalue weighted by molar-refractivity contribution is 6.09. The second kappa shape index (κ2) is 8.58. The van der Waals surface area contributed by atoms with Gasteiger partial charge < -0.3 is 4.74 Å². The lowest BCUT2D eigenvalue weighted by atomic mass is 10.1. The molecule has 0 saturated carbocycles. The Hall–Kier alpha value is -4.08. The summed E-state index contributed by atoms with van der Waals surface area (Å²) in [4.78, 5) is 20.1. The predicted molar refractivity (Wildman–Crippen MR) is 106 cm³/mol. The third-order valence-corrected chi connectivity index (χ3v) is 4.46. The first kappa shape index (κ1) is 21.2. The molecule has 162 valence electrons. The van der Waals surface area contributed by atoms with Gasteiger partial charge in [-0.25, -0.2) is 13.8 Å². The molecule has 5 nitrogen and oxygen atoms in total. The summed E-state index contributed by atoms with van der Waals surface area (Å²) in [6, 6.07) is 13.6. The first-order valence-corrected chi connectivity index (χ1v) is 9.10. The van der Waals surface area contributed by atoms with Gasteiger partial charge in [0.25, 0.3) is 0 Å². The minimum absolute atomic E-state index is 0.0804. The van der Waals surface area contributed by atoms with Crippen LogP contribution < -0.4 is 0 Å². The zero-order valence-corrected chi connectivity index (χ0v) is 16.0. The Labute approximate surface area is 177 Å². The molecule has 0 amide bonds. The van der Waals surface area contributed by atoms with Gasteiger partial charge in [-0.2, -0.15) is 13.8 Å². The molecule has 0 spiro atoms. The lowest BCUT2D eigenvalue weighted by Gasteiger charge is -2.07. The smallest absolute Gasteiger partial charge is 0.390 e. The van der Waals surface area contributed by atoms with Crippen molar-refractivity contribution in [2.75, 3.05) is 0 Å². The monoisotopic (exact) mass is 445 g/mol. The van der Waals surface area contributed by atoms with Crippen LogP contribution >= 0.6 is 0 Å². The highest BCUT2D eigenvalue weighted by Crippen LogP contribution is 2.34. The van der Waals surface area contributed by atoms with E-state index in [1.54, 1.807) is 30.3 Å². The number of aliphatic imine (C=N–C) groups is 1. The van der Waals surface area contributed by atoms with E-state index in [4.69, 9.17) is 0 Å². The van der Waals surface area contributed by atoms with Crippen molar-refractivity contribution in [1.82, 2.24) is 9.38 Å². The van der Waals surface area contributed by atoms with E-state index >= 15 is 0 Å². The van der Waals surface area contributed by atoms with Crippen molar-refractivity contribution in [2.24, 2.45) is 4.99 Å². The second-order valence-electron chi connectivity index (χ2n) is 6.49. The average molecular weight is 445 g/mol. The van der Waals surface area contributed by atoms with Gasteiger partial charge in [0.15, 0.2) is 11.6 Å². The van der Waals surface area contributed by atoms with Crippen molar-refractivity contribution < 1.29 is 31.5 Å². The Balaban J connectivity index is 1.94. The summed E-state index contributed by atoms with van der Waals surface area (Å²) in [5, 5.41) is 0. The lowest BCUT2D eigenvalue weighted by molar-refractivity contribution is -0.0688. The molecule has 2 heterocycles. The molecule has 0 radical (unpaired) electrons. The molecular formula is C22H12F5N3O2. The van der Waals surface area contributed by atoms with Gasteiger partial charge in [0.05, 0.1) is 0 Å². The first-order chi connectivity index (χ1) is 15.3. The number of nitrogens with zero attached hydrogens (tertiary/aromatic N) is 3. The summed E-state index contributed by atoms with van der Waals surface area (Å²) in [6.07, 6.45) is -0.621. The number of carbonyl (C=O) groups excluding carboxylic acids is 1. The van der Waals surface area contributed by atoms with Gasteiger partial charge >= 0.3 is 12.8 Å². The summed E-state index contributed by atoms with van der Waals surface area (Å²) in [5.74, 6) is -2.63. The molecule has 0 saturated heterocycles. The van der Waals surface area contributed by atoms with E-state index in [-0.39, 0.29) is 28.3 Å². The normalized spacial score (nSPS) is 11.9. The molecule has 0 fully saturated rings. The number of halogens is 5.